The molecule has 0 bridgehead atoms. The van der Waals surface area contributed by atoms with Crippen molar-refractivity contribution in [2.45, 2.75) is 20.3 Å². The van der Waals surface area contributed by atoms with Gasteiger partial charge in [-0.3, -0.25) is 0 Å². The third-order valence-corrected chi connectivity index (χ3v) is 5.19. The van der Waals surface area contributed by atoms with Crippen LogP contribution in [-0.2, 0) is 0 Å². The van der Waals surface area contributed by atoms with Gasteiger partial charge in [-0.15, -0.1) is 0 Å². The molecule has 1 N–H and O–H groups in total. The largest absolute Gasteiger partial charge is 0.495 e. The Kier molecular flexibility index (Phi) is 6.17. The zero-order valence-corrected chi connectivity index (χ0v) is 16.4. The highest BCUT2D eigenvalue weighted by atomic mass is 35.5. The van der Waals surface area contributed by atoms with Crippen molar-refractivity contribution in [2.24, 2.45) is 0 Å². The number of aromatic nitrogens is 1. The number of nitrogens with zero attached hydrogens (tertiary/aromatic N) is 2. The highest BCUT2D eigenvalue weighted by molar-refractivity contribution is 6.38. The summed E-state index contributed by atoms with van der Waals surface area (Å²) in [7, 11) is 1.64. The van der Waals surface area contributed by atoms with E-state index in [1.54, 1.807) is 7.11 Å². The fourth-order valence-corrected chi connectivity index (χ4v) is 3.65. The van der Waals surface area contributed by atoms with Crippen molar-refractivity contribution in [3.05, 3.63) is 41.4 Å². The van der Waals surface area contributed by atoms with Crippen LogP contribution in [0.15, 0.2) is 36.4 Å². The molecule has 1 aromatic heterocycles. The molecule has 0 aliphatic rings. The first-order valence-electron chi connectivity index (χ1n) is 9.20. The molecule has 3 aromatic rings. The maximum Gasteiger partial charge on any atom is 0.138 e. The highest BCUT2D eigenvalue weighted by Gasteiger charge is 2.15. The SMILES string of the molecule is CCN(CC)CCCNc1c2ccccc2nc2ccc(OC)c(Cl)c12. The lowest BCUT2D eigenvalue weighted by Crippen LogP contribution is -2.25. The molecule has 0 unspecified atom stereocenters. The van der Waals surface area contributed by atoms with Crippen LogP contribution >= 0.6 is 11.6 Å². The van der Waals surface area contributed by atoms with Gasteiger partial charge in [-0.25, -0.2) is 4.98 Å². The first kappa shape index (κ1) is 18.7. The van der Waals surface area contributed by atoms with E-state index in [0.717, 1.165) is 60.1 Å². The molecule has 0 saturated carbocycles. The minimum Gasteiger partial charge on any atom is -0.495 e. The van der Waals surface area contributed by atoms with Crippen LogP contribution in [0.2, 0.25) is 5.02 Å². The van der Waals surface area contributed by atoms with Gasteiger partial charge in [0.2, 0.25) is 0 Å². The van der Waals surface area contributed by atoms with E-state index in [0.29, 0.717) is 10.8 Å². The Morgan fingerprint density at radius 3 is 2.58 bits per heavy atom. The summed E-state index contributed by atoms with van der Waals surface area (Å²) in [4.78, 5) is 7.20. The fraction of sp³-hybridized carbons (Fsp3) is 0.381. The van der Waals surface area contributed by atoms with Gasteiger partial charge >= 0.3 is 0 Å². The predicted octanol–water partition coefficient (Wildman–Crippen LogP) is 5.19. The molecule has 0 fully saturated rings. The smallest absolute Gasteiger partial charge is 0.138 e. The zero-order chi connectivity index (χ0) is 18.5. The molecule has 26 heavy (non-hydrogen) atoms. The summed E-state index contributed by atoms with van der Waals surface area (Å²) in [6.45, 7) is 8.53. The molecule has 138 valence electrons. The third kappa shape index (κ3) is 3.71. The van der Waals surface area contributed by atoms with Gasteiger partial charge in [0, 0.05) is 17.3 Å². The van der Waals surface area contributed by atoms with Gasteiger partial charge in [-0.2, -0.15) is 0 Å². The summed E-state index contributed by atoms with van der Waals surface area (Å²) in [5.74, 6) is 0.669. The predicted molar refractivity (Wildman–Crippen MR) is 112 cm³/mol. The molecule has 0 amide bonds. The van der Waals surface area contributed by atoms with E-state index in [1.807, 2.05) is 30.3 Å². The van der Waals surface area contributed by atoms with E-state index >= 15 is 0 Å². The summed E-state index contributed by atoms with van der Waals surface area (Å²) in [5, 5.41) is 6.23. The van der Waals surface area contributed by atoms with Crippen LogP contribution in [0, 0.1) is 0 Å². The van der Waals surface area contributed by atoms with Crippen LogP contribution in [0.25, 0.3) is 21.8 Å². The molecular weight excluding hydrogens is 346 g/mol. The van der Waals surface area contributed by atoms with Gasteiger partial charge < -0.3 is 15.0 Å². The Morgan fingerprint density at radius 1 is 1.08 bits per heavy atom. The second-order valence-electron chi connectivity index (χ2n) is 6.29. The molecule has 0 radical (unpaired) electrons. The number of para-hydroxylation sites is 1. The average Bonchev–Trinajstić information content (AvgIpc) is 2.67. The lowest BCUT2D eigenvalue weighted by Gasteiger charge is -2.19. The number of nitrogens with one attached hydrogen (secondary N) is 1. The molecular formula is C21H26ClN3O. The van der Waals surface area contributed by atoms with Crippen LogP contribution in [0.4, 0.5) is 5.69 Å². The van der Waals surface area contributed by atoms with Crippen LogP contribution in [-0.4, -0.2) is 43.2 Å². The fourth-order valence-electron chi connectivity index (χ4n) is 3.32. The number of hydrogen-bond acceptors (Lipinski definition) is 4. The lowest BCUT2D eigenvalue weighted by atomic mass is 10.1. The van der Waals surface area contributed by atoms with Crippen molar-refractivity contribution < 1.29 is 4.74 Å². The van der Waals surface area contributed by atoms with Crippen molar-refractivity contribution in [2.75, 3.05) is 38.6 Å². The third-order valence-electron chi connectivity index (χ3n) is 4.82. The van der Waals surface area contributed by atoms with Crippen LogP contribution in [0.1, 0.15) is 20.3 Å². The minimum atomic E-state index is 0.606. The second kappa shape index (κ2) is 8.56. The van der Waals surface area contributed by atoms with E-state index < -0.39 is 0 Å². The first-order chi connectivity index (χ1) is 12.7. The summed E-state index contributed by atoms with van der Waals surface area (Å²) >= 11 is 6.64. The first-order valence-corrected chi connectivity index (χ1v) is 9.58. The number of benzene rings is 2. The summed E-state index contributed by atoms with van der Waals surface area (Å²) < 4.78 is 5.41. The minimum absolute atomic E-state index is 0.606. The molecule has 4 nitrogen and oxygen atoms in total. The average molecular weight is 372 g/mol. The van der Waals surface area contributed by atoms with Gasteiger partial charge in [0.25, 0.3) is 0 Å². The van der Waals surface area contributed by atoms with Crippen molar-refractivity contribution in [3.8, 4) is 5.75 Å². The molecule has 1 heterocycles. The zero-order valence-electron chi connectivity index (χ0n) is 15.7. The lowest BCUT2D eigenvalue weighted by molar-refractivity contribution is 0.303. The maximum absolute atomic E-state index is 6.64. The van der Waals surface area contributed by atoms with Crippen LogP contribution in [0.5, 0.6) is 5.75 Å². The number of rotatable bonds is 8. The topological polar surface area (TPSA) is 37.4 Å². The van der Waals surface area contributed by atoms with Gasteiger partial charge in [-0.1, -0.05) is 43.6 Å². The van der Waals surface area contributed by atoms with Crippen molar-refractivity contribution >= 4 is 39.1 Å². The number of pyridine rings is 1. The molecule has 0 spiro atoms. The van der Waals surface area contributed by atoms with Gasteiger partial charge in [-0.05, 0) is 44.3 Å². The summed E-state index contributed by atoms with van der Waals surface area (Å²) in [5.41, 5.74) is 2.88. The molecule has 3 rings (SSSR count). The highest BCUT2D eigenvalue weighted by Crippen LogP contribution is 2.39. The molecule has 0 aliphatic carbocycles. The number of anilines is 1. The van der Waals surface area contributed by atoms with Gasteiger partial charge in [0.15, 0.2) is 0 Å². The van der Waals surface area contributed by atoms with Gasteiger partial charge in [0.1, 0.15) is 5.75 Å². The molecule has 0 saturated heterocycles. The Balaban J connectivity index is 1.99. The number of halogens is 1. The monoisotopic (exact) mass is 371 g/mol. The normalized spacial score (nSPS) is 11.4. The van der Waals surface area contributed by atoms with Crippen LogP contribution in [0.3, 0.4) is 0 Å². The van der Waals surface area contributed by atoms with E-state index in [2.05, 4.69) is 30.1 Å². The van der Waals surface area contributed by atoms with Crippen LogP contribution < -0.4 is 10.1 Å². The Bertz CT molecular complexity index is 893. The Labute approximate surface area is 160 Å². The standard InChI is InChI=1S/C21H26ClN3O/c1-4-25(5-2)14-8-13-23-21-15-9-6-7-10-16(15)24-17-11-12-18(26-3)20(22)19(17)21/h6-7,9-12H,4-5,8,13-14H2,1-3H3,(H,23,24). The summed E-state index contributed by atoms with van der Waals surface area (Å²) in [6, 6.07) is 12.0. The Morgan fingerprint density at radius 2 is 1.85 bits per heavy atom. The number of ether oxygens (including phenoxy) is 1. The second-order valence-corrected chi connectivity index (χ2v) is 6.67. The maximum atomic E-state index is 6.64. The Hall–Kier alpha value is -2.04. The number of methoxy groups -OCH3 is 1. The van der Waals surface area contributed by atoms with Crippen molar-refractivity contribution in [3.63, 3.8) is 0 Å². The van der Waals surface area contributed by atoms with E-state index in [4.69, 9.17) is 21.3 Å². The molecule has 2 aromatic carbocycles. The molecule has 5 heteroatoms. The van der Waals surface area contributed by atoms with E-state index in [9.17, 15) is 0 Å². The number of fused-ring (bicyclic) bond motifs is 2. The van der Waals surface area contributed by atoms with Crippen molar-refractivity contribution in [1.29, 1.82) is 0 Å². The van der Waals surface area contributed by atoms with Crippen molar-refractivity contribution in [1.82, 2.24) is 9.88 Å². The molecule has 0 aliphatic heterocycles. The summed E-state index contributed by atoms with van der Waals surface area (Å²) in [6.07, 6.45) is 1.07. The number of hydrogen-bond donors (Lipinski definition) is 1. The van der Waals surface area contributed by atoms with Gasteiger partial charge in [0.05, 0.1) is 28.9 Å². The van der Waals surface area contributed by atoms with E-state index in [1.165, 1.54) is 0 Å². The van der Waals surface area contributed by atoms with E-state index in [-0.39, 0.29) is 0 Å². The quantitative estimate of drug-likeness (QED) is 0.436. The molecule has 0 atom stereocenters.